The van der Waals surface area contributed by atoms with Crippen LogP contribution in [-0.4, -0.2) is 188 Å². The van der Waals surface area contributed by atoms with Crippen LogP contribution in [0.2, 0.25) is 0 Å². The molecule has 0 radical (unpaired) electrons. The van der Waals surface area contributed by atoms with Gasteiger partial charge in [0.05, 0.1) is 31.5 Å². The normalized spacial score (nSPS) is 53.9. The van der Waals surface area contributed by atoms with Gasteiger partial charge < -0.3 is 89.0 Å². The van der Waals surface area contributed by atoms with Crippen molar-refractivity contribution < 1.29 is 89.0 Å². The van der Waals surface area contributed by atoms with Gasteiger partial charge in [-0.25, -0.2) is 0 Å². The highest BCUT2D eigenvalue weighted by molar-refractivity contribution is 4.97. The SMILES string of the molecule is CO[C@@H]1OC(CO)[C@@H](O[C@@H]2OC(CO)[C@H](O)C(O)C2O[C@@H]2O[C@@H](C)[C@@H](O)C(O)C2O)C(O[C@@H]2OC(C)[C@@H](O)[C@H](O)C2O)[C@@H]1C. The fourth-order valence-corrected chi connectivity index (χ4v) is 5.85. The van der Waals surface area contributed by atoms with Crippen molar-refractivity contribution in [2.75, 3.05) is 20.3 Å². The molecule has 0 bridgehead atoms. The molecule has 20 atom stereocenters. The quantitative estimate of drug-likeness (QED) is 0.112. The van der Waals surface area contributed by atoms with Crippen LogP contribution in [0.15, 0.2) is 0 Å². The van der Waals surface area contributed by atoms with Crippen LogP contribution in [0.4, 0.5) is 0 Å². The molecule has 4 rings (SSSR count). The lowest BCUT2D eigenvalue weighted by atomic mass is 9.91. The van der Waals surface area contributed by atoms with E-state index in [1.807, 2.05) is 0 Å². The number of rotatable bonds is 9. The molecule has 9 unspecified atom stereocenters. The number of hydrogen-bond donors (Lipinski definition) is 10. The maximum absolute atomic E-state index is 11.0. The Morgan fingerprint density at radius 1 is 0.455 bits per heavy atom. The summed E-state index contributed by atoms with van der Waals surface area (Å²) in [5, 5.41) is 104. The zero-order chi connectivity index (χ0) is 32.6. The van der Waals surface area contributed by atoms with Gasteiger partial charge in [-0.3, -0.25) is 0 Å². The molecule has 4 saturated heterocycles. The Balaban J connectivity index is 1.63. The minimum Gasteiger partial charge on any atom is -0.394 e. The average molecular weight is 647 g/mol. The predicted octanol–water partition coefficient (Wildman–Crippen LogP) is -5.76. The number of aliphatic hydroxyl groups is 10. The summed E-state index contributed by atoms with van der Waals surface area (Å²) in [4.78, 5) is 0. The summed E-state index contributed by atoms with van der Waals surface area (Å²) in [6.07, 6.45) is -27.7. The van der Waals surface area contributed by atoms with Crippen LogP contribution < -0.4 is 0 Å². The summed E-state index contributed by atoms with van der Waals surface area (Å²) >= 11 is 0. The molecule has 4 heterocycles. The summed E-state index contributed by atoms with van der Waals surface area (Å²) in [5.41, 5.74) is 0. The standard InChI is InChI=1S/C26H46O18/c1-7-20(42-24-18(35)15(32)12(29)8(2)38-24)21(11(6-28)41-23(7)37-4)43-26-22(17(34)14(31)10(5-27)40-26)44-25-19(36)16(33)13(30)9(3)39-25/h7-36H,5-6H2,1-4H3/t7-,8?,9-,10?,11?,12+,13+,14-,15-,16?,17?,18?,19?,20?,21+,22?,23+,24-,25-,26-/m0/s1. The van der Waals surface area contributed by atoms with Crippen LogP contribution in [-0.2, 0) is 37.9 Å². The van der Waals surface area contributed by atoms with Crippen LogP contribution in [0.1, 0.15) is 20.8 Å². The molecule has 18 heteroatoms. The van der Waals surface area contributed by atoms with E-state index in [-0.39, 0.29) is 0 Å². The molecule has 0 aliphatic carbocycles. The number of hydrogen-bond acceptors (Lipinski definition) is 18. The minimum atomic E-state index is -1.82. The molecule has 0 spiro atoms. The van der Waals surface area contributed by atoms with Crippen LogP contribution in [0.5, 0.6) is 0 Å². The van der Waals surface area contributed by atoms with E-state index in [4.69, 9.17) is 37.9 Å². The first-order valence-electron chi connectivity index (χ1n) is 14.5. The Kier molecular flexibility index (Phi) is 12.3. The molecule has 0 aromatic carbocycles. The summed E-state index contributed by atoms with van der Waals surface area (Å²) < 4.78 is 46.1. The van der Waals surface area contributed by atoms with Crippen LogP contribution >= 0.6 is 0 Å². The van der Waals surface area contributed by atoms with E-state index in [1.165, 1.54) is 21.0 Å². The maximum atomic E-state index is 11.0. The first kappa shape index (κ1) is 36.1. The van der Waals surface area contributed by atoms with E-state index >= 15 is 0 Å². The molecule has 0 aromatic heterocycles. The Bertz CT molecular complexity index is 901. The van der Waals surface area contributed by atoms with E-state index in [1.54, 1.807) is 6.92 Å². The molecular formula is C26H46O18. The molecule has 0 amide bonds. The van der Waals surface area contributed by atoms with Gasteiger partial charge in [-0.2, -0.15) is 0 Å². The van der Waals surface area contributed by atoms with Crippen molar-refractivity contribution in [3.63, 3.8) is 0 Å². The van der Waals surface area contributed by atoms with Crippen molar-refractivity contribution in [3.8, 4) is 0 Å². The fourth-order valence-electron chi connectivity index (χ4n) is 5.85. The van der Waals surface area contributed by atoms with Crippen molar-refractivity contribution in [1.29, 1.82) is 0 Å². The van der Waals surface area contributed by atoms with E-state index < -0.39 is 136 Å². The Hall–Kier alpha value is -0.720. The number of methoxy groups -OCH3 is 1. The van der Waals surface area contributed by atoms with E-state index in [2.05, 4.69) is 0 Å². The second-order valence-corrected chi connectivity index (χ2v) is 11.7. The molecule has 10 N–H and O–H groups in total. The second kappa shape index (κ2) is 15.0. The van der Waals surface area contributed by atoms with Crippen molar-refractivity contribution in [2.24, 2.45) is 5.92 Å². The predicted molar refractivity (Wildman–Crippen MR) is 139 cm³/mol. The van der Waals surface area contributed by atoms with Crippen molar-refractivity contribution in [2.45, 2.75) is 137 Å². The summed E-state index contributed by atoms with van der Waals surface area (Å²) in [5.74, 6) is -0.712. The summed E-state index contributed by atoms with van der Waals surface area (Å²) in [6.45, 7) is 3.08. The van der Waals surface area contributed by atoms with Crippen LogP contribution in [0.25, 0.3) is 0 Å². The first-order valence-corrected chi connectivity index (χ1v) is 14.5. The van der Waals surface area contributed by atoms with Crippen molar-refractivity contribution in [3.05, 3.63) is 0 Å². The van der Waals surface area contributed by atoms with Gasteiger partial charge in [0, 0.05) is 13.0 Å². The van der Waals surface area contributed by atoms with Gasteiger partial charge in [-0.1, -0.05) is 6.92 Å². The van der Waals surface area contributed by atoms with Gasteiger partial charge >= 0.3 is 0 Å². The molecule has 0 aromatic rings. The van der Waals surface area contributed by atoms with Gasteiger partial charge in [-0.05, 0) is 13.8 Å². The Labute approximate surface area is 253 Å². The molecule has 258 valence electrons. The third-order valence-electron chi connectivity index (χ3n) is 8.67. The van der Waals surface area contributed by atoms with Crippen molar-refractivity contribution in [1.82, 2.24) is 0 Å². The highest BCUT2D eigenvalue weighted by atomic mass is 16.8. The third kappa shape index (κ3) is 7.08. The zero-order valence-electron chi connectivity index (χ0n) is 24.7. The molecular weight excluding hydrogens is 600 g/mol. The smallest absolute Gasteiger partial charge is 0.187 e. The monoisotopic (exact) mass is 646 g/mol. The first-order chi connectivity index (χ1) is 20.7. The van der Waals surface area contributed by atoms with Crippen LogP contribution in [0.3, 0.4) is 0 Å². The average Bonchev–Trinajstić information content (AvgIpc) is 3.01. The minimum absolute atomic E-state index is 0.665. The van der Waals surface area contributed by atoms with E-state index in [9.17, 15) is 51.1 Å². The summed E-state index contributed by atoms with van der Waals surface area (Å²) in [6, 6.07) is 0. The number of aliphatic hydroxyl groups excluding tert-OH is 10. The lowest BCUT2D eigenvalue weighted by Gasteiger charge is -2.50. The Morgan fingerprint density at radius 2 is 0.909 bits per heavy atom. The van der Waals surface area contributed by atoms with Crippen molar-refractivity contribution >= 4 is 0 Å². The summed E-state index contributed by atoms with van der Waals surface area (Å²) in [7, 11) is 1.35. The topological polar surface area (TPSA) is 276 Å². The molecule has 4 fully saturated rings. The molecule has 4 aliphatic heterocycles. The van der Waals surface area contributed by atoms with Gasteiger partial charge in [-0.15, -0.1) is 0 Å². The van der Waals surface area contributed by atoms with Gasteiger partial charge in [0.2, 0.25) is 0 Å². The van der Waals surface area contributed by atoms with Crippen LogP contribution in [0, 0.1) is 5.92 Å². The molecule has 44 heavy (non-hydrogen) atoms. The number of ether oxygens (including phenoxy) is 8. The second-order valence-electron chi connectivity index (χ2n) is 11.7. The lowest BCUT2D eigenvalue weighted by molar-refractivity contribution is -0.395. The highest BCUT2D eigenvalue weighted by Gasteiger charge is 2.55. The van der Waals surface area contributed by atoms with E-state index in [0.29, 0.717) is 0 Å². The van der Waals surface area contributed by atoms with Gasteiger partial charge in [0.1, 0.15) is 73.2 Å². The Morgan fingerprint density at radius 3 is 1.39 bits per heavy atom. The van der Waals surface area contributed by atoms with Gasteiger partial charge in [0.15, 0.2) is 25.2 Å². The fraction of sp³-hybridized carbons (Fsp3) is 1.00. The maximum Gasteiger partial charge on any atom is 0.187 e. The molecule has 0 saturated carbocycles. The zero-order valence-corrected chi connectivity index (χ0v) is 24.7. The molecule has 4 aliphatic rings. The molecule has 18 nitrogen and oxygen atoms in total. The van der Waals surface area contributed by atoms with E-state index in [0.717, 1.165) is 0 Å². The highest BCUT2D eigenvalue weighted by Crippen LogP contribution is 2.37. The van der Waals surface area contributed by atoms with Gasteiger partial charge in [0.25, 0.3) is 0 Å². The lowest BCUT2D eigenvalue weighted by Crippen LogP contribution is -2.67. The largest absolute Gasteiger partial charge is 0.394 e. The third-order valence-corrected chi connectivity index (χ3v) is 8.67.